The highest BCUT2D eigenvalue weighted by molar-refractivity contribution is 5.27. The number of rotatable bonds is 4. The van der Waals surface area contributed by atoms with Crippen LogP contribution in [0.4, 0.5) is 0 Å². The Morgan fingerprint density at radius 3 is 2.39 bits per heavy atom. The van der Waals surface area contributed by atoms with Gasteiger partial charge in [-0.15, -0.1) is 0 Å². The number of hydrogen-bond donors (Lipinski definition) is 1. The molecule has 98 valence electrons. The normalized spacial score (nSPS) is 24.1. The summed E-state index contributed by atoms with van der Waals surface area (Å²) in [6, 6.07) is 12.0. The molecule has 1 heterocycles. The zero-order valence-electron chi connectivity index (χ0n) is 11.4. The molecule has 1 saturated carbocycles. The highest BCUT2D eigenvalue weighted by atomic mass is 15.2. The predicted molar refractivity (Wildman–Crippen MR) is 75.9 cm³/mol. The van der Waals surface area contributed by atoms with Crippen LogP contribution < -0.4 is 5.32 Å². The first-order chi connectivity index (χ1) is 8.84. The second-order valence-electron chi connectivity index (χ2n) is 5.94. The molecule has 1 aromatic carbocycles. The molecule has 0 aromatic heterocycles. The van der Waals surface area contributed by atoms with Gasteiger partial charge in [-0.05, 0) is 51.4 Å². The van der Waals surface area contributed by atoms with Gasteiger partial charge in [0.15, 0.2) is 0 Å². The van der Waals surface area contributed by atoms with Gasteiger partial charge in [0.25, 0.3) is 0 Å². The summed E-state index contributed by atoms with van der Waals surface area (Å²) < 4.78 is 0. The minimum atomic E-state index is 0.363. The standard InChI is InChI=1S/C16H24N2/c1-17-13-16(14-5-3-2-4-6-14)9-11-18(12-10-16)15-7-8-15/h2-6,15,17H,7-13H2,1H3. The average molecular weight is 244 g/mol. The van der Waals surface area contributed by atoms with Crippen LogP contribution in [0.25, 0.3) is 0 Å². The molecule has 2 heteroatoms. The Balaban J connectivity index is 1.76. The summed E-state index contributed by atoms with van der Waals surface area (Å²) in [5, 5.41) is 3.42. The van der Waals surface area contributed by atoms with Gasteiger partial charge in [-0.25, -0.2) is 0 Å². The highest BCUT2D eigenvalue weighted by Crippen LogP contribution is 2.38. The van der Waals surface area contributed by atoms with Gasteiger partial charge in [0, 0.05) is 18.0 Å². The monoisotopic (exact) mass is 244 g/mol. The molecule has 1 aliphatic carbocycles. The number of benzene rings is 1. The van der Waals surface area contributed by atoms with Crippen molar-refractivity contribution < 1.29 is 0 Å². The van der Waals surface area contributed by atoms with Crippen molar-refractivity contribution in [1.29, 1.82) is 0 Å². The quantitative estimate of drug-likeness (QED) is 0.875. The predicted octanol–water partition coefficient (Wildman–Crippen LogP) is 2.40. The highest BCUT2D eigenvalue weighted by Gasteiger charge is 2.39. The molecule has 1 aromatic rings. The summed E-state index contributed by atoms with van der Waals surface area (Å²) in [5.41, 5.74) is 1.89. The van der Waals surface area contributed by atoms with Crippen LogP contribution in [0.15, 0.2) is 30.3 Å². The van der Waals surface area contributed by atoms with E-state index in [0.29, 0.717) is 5.41 Å². The van der Waals surface area contributed by atoms with Crippen LogP contribution >= 0.6 is 0 Å². The molecule has 0 radical (unpaired) electrons. The van der Waals surface area contributed by atoms with E-state index in [1.54, 1.807) is 0 Å². The van der Waals surface area contributed by atoms with Gasteiger partial charge in [-0.1, -0.05) is 30.3 Å². The molecule has 1 N–H and O–H groups in total. The van der Waals surface area contributed by atoms with Crippen LogP contribution in [0, 0.1) is 0 Å². The lowest BCUT2D eigenvalue weighted by molar-refractivity contribution is 0.150. The summed E-state index contributed by atoms with van der Waals surface area (Å²) in [6.45, 7) is 3.66. The van der Waals surface area contributed by atoms with Crippen LogP contribution in [-0.2, 0) is 5.41 Å². The van der Waals surface area contributed by atoms with Gasteiger partial charge < -0.3 is 10.2 Å². The third-order valence-corrected chi connectivity index (χ3v) is 4.72. The molecule has 0 bridgehead atoms. The van der Waals surface area contributed by atoms with Crippen molar-refractivity contribution >= 4 is 0 Å². The van der Waals surface area contributed by atoms with Crippen LogP contribution in [0.2, 0.25) is 0 Å². The van der Waals surface area contributed by atoms with E-state index in [9.17, 15) is 0 Å². The summed E-state index contributed by atoms with van der Waals surface area (Å²) in [7, 11) is 2.08. The molecule has 1 saturated heterocycles. The zero-order chi connectivity index (χ0) is 12.4. The van der Waals surface area contributed by atoms with Crippen molar-refractivity contribution in [2.75, 3.05) is 26.7 Å². The minimum Gasteiger partial charge on any atom is -0.319 e. The smallest absolute Gasteiger partial charge is 0.0102 e. The largest absolute Gasteiger partial charge is 0.319 e. The van der Waals surface area contributed by atoms with Gasteiger partial charge in [0.1, 0.15) is 0 Å². The second kappa shape index (κ2) is 5.02. The molecule has 0 unspecified atom stereocenters. The Hall–Kier alpha value is -0.860. The Morgan fingerprint density at radius 1 is 1.17 bits per heavy atom. The van der Waals surface area contributed by atoms with E-state index in [0.717, 1.165) is 12.6 Å². The van der Waals surface area contributed by atoms with Crippen LogP contribution in [0.1, 0.15) is 31.2 Å². The van der Waals surface area contributed by atoms with Crippen LogP contribution in [-0.4, -0.2) is 37.6 Å². The molecule has 0 atom stereocenters. The minimum absolute atomic E-state index is 0.363. The van der Waals surface area contributed by atoms with E-state index in [-0.39, 0.29) is 0 Å². The maximum Gasteiger partial charge on any atom is 0.0102 e. The lowest BCUT2D eigenvalue weighted by Crippen LogP contribution is -2.48. The Labute approximate surface area is 110 Å². The van der Waals surface area contributed by atoms with E-state index < -0.39 is 0 Å². The Morgan fingerprint density at radius 2 is 1.83 bits per heavy atom. The molecule has 1 aliphatic heterocycles. The van der Waals surface area contributed by atoms with E-state index in [1.165, 1.54) is 44.3 Å². The molecule has 2 fully saturated rings. The summed E-state index contributed by atoms with van der Waals surface area (Å²) >= 11 is 0. The van der Waals surface area contributed by atoms with E-state index in [2.05, 4.69) is 47.6 Å². The topological polar surface area (TPSA) is 15.3 Å². The Bertz CT molecular complexity index is 375. The van der Waals surface area contributed by atoms with Crippen molar-refractivity contribution in [3.63, 3.8) is 0 Å². The first kappa shape index (κ1) is 12.2. The average Bonchev–Trinajstić information content (AvgIpc) is 3.25. The van der Waals surface area contributed by atoms with Gasteiger partial charge >= 0.3 is 0 Å². The summed E-state index contributed by atoms with van der Waals surface area (Å²) in [5.74, 6) is 0. The zero-order valence-corrected chi connectivity index (χ0v) is 11.4. The van der Waals surface area contributed by atoms with Gasteiger partial charge in [0.05, 0.1) is 0 Å². The van der Waals surface area contributed by atoms with Gasteiger partial charge in [0.2, 0.25) is 0 Å². The molecule has 3 rings (SSSR count). The van der Waals surface area contributed by atoms with Crippen molar-refractivity contribution in [2.45, 2.75) is 37.1 Å². The summed E-state index contributed by atoms with van der Waals surface area (Å²) in [6.07, 6.45) is 5.47. The lowest BCUT2D eigenvalue weighted by Gasteiger charge is -2.42. The molecule has 0 spiro atoms. The number of nitrogens with one attached hydrogen (secondary N) is 1. The fraction of sp³-hybridized carbons (Fsp3) is 0.625. The van der Waals surface area contributed by atoms with Crippen molar-refractivity contribution in [1.82, 2.24) is 10.2 Å². The van der Waals surface area contributed by atoms with E-state index in [1.807, 2.05) is 0 Å². The van der Waals surface area contributed by atoms with Crippen molar-refractivity contribution in [3.05, 3.63) is 35.9 Å². The number of likely N-dealkylation sites (tertiary alicyclic amines) is 1. The SMILES string of the molecule is CNCC1(c2ccccc2)CCN(C2CC2)CC1. The molecule has 0 amide bonds. The molecular formula is C16H24N2. The Kier molecular flexibility index (Phi) is 3.40. The summed E-state index contributed by atoms with van der Waals surface area (Å²) in [4.78, 5) is 2.71. The molecule has 2 nitrogen and oxygen atoms in total. The van der Waals surface area contributed by atoms with E-state index in [4.69, 9.17) is 0 Å². The van der Waals surface area contributed by atoms with Crippen molar-refractivity contribution in [3.8, 4) is 0 Å². The molecular weight excluding hydrogens is 220 g/mol. The fourth-order valence-electron chi connectivity index (χ4n) is 3.45. The first-order valence-electron chi connectivity index (χ1n) is 7.28. The lowest BCUT2D eigenvalue weighted by atomic mass is 9.72. The third-order valence-electron chi connectivity index (χ3n) is 4.72. The van der Waals surface area contributed by atoms with Crippen LogP contribution in [0.3, 0.4) is 0 Å². The number of piperidine rings is 1. The molecule has 2 aliphatic rings. The van der Waals surface area contributed by atoms with E-state index >= 15 is 0 Å². The maximum absolute atomic E-state index is 3.42. The third kappa shape index (κ3) is 2.32. The first-order valence-corrected chi connectivity index (χ1v) is 7.28. The second-order valence-corrected chi connectivity index (χ2v) is 5.94. The maximum atomic E-state index is 3.42. The number of hydrogen-bond acceptors (Lipinski definition) is 2. The van der Waals surface area contributed by atoms with Gasteiger partial charge in [-0.3, -0.25) is 0 Å². The number of nitrogens with zero attached hydrogens (tertiary/aromatic N) is 1. The number of likely N-dealkylation sites (N-methyl/N-ethyl adjacent to an activating group) is 1. The molecule has 18 heavy (non-hydrogen) atoms. The van der Waals surface area contributed by atoms with Crippen LogP contribution in [0.5, 0.6) is 0 Å². The fourth-order valence-corrected chi connectivity index (χ4v) is 3.45. The van der Waals surface area contributed by atoms with Crippen molar-refractivity contribution in [2.24, 2.45) is 0 Å². The van der Waals surface area contributed by atoms with Gasteiger partial charge in [-0.2, -0.15) is 0 Å².